The normalized spacial score (nSPS) is 12.8. The zero-order chi connectivity index (χ0) is 13.4. The smallest absolute Gasteiger partial charge is 0.140 e. The number of aromatic amines is 1. The molecule has 0 aliphatic rings. The molecule has 0 aliphatic carbocycles. The summed E-state index contributed by atoms with van der Waals surface area (Å²) >= 11 is 9.37. The molecule has 3 rings (SSSR count). The van der Waals surface area contributed by atoms with Crippen LogP contribution in [0.2, 0.25) is 5.02 Å². The number of rotatable bonds is 2. The van der Waals surface area contributed by atoms with Gasteiger partial charge in [-0.3, -0.25) is 0 Å². The second-order valence-electron chi connectivity index (χ2n) is 4.22. The van der Waals surface area contributed by atoms with Gasteiger partial charge in [0, 0.05) is 9.50 Å². The number of H-pyrrole nitrogens is 1. The molecule has 0 radical (unpaired) electrons. The van der Waals surface area contributed by atoms with Gasteiger partial charge in [-0.15, -0.1) is 0 Å². The lowest BCUT2D eigenvalue weighted by Gasteiger charge is -2.07. The standard InChI is InChI=1S/C14H10BrClN2O/c15-10-5-2-6-11-12(10)18-14(17-11)13(19)8-3-1-4-9(16)7-8/h1-7,13,19H,(H,17,18)/t13-/m1/s1. The van der Waals surface area contributed by atoms with Crippen molar-refractivity contribution >= 4 is 38.6 Å². The maximum atomic E-state index is 10.3. The lowest BCUT2D eigenvalue weighted by atomic mass is 10.1. The number of benzene rings is 2. The van der Waals surface area contributed by atoms with Crippen LogP contribution in [0, 0.1) is 0 Å². The van der Waals surface area contributed by atoms with Gasteiger partial charge in [-0.25, -0.2) is 4.98 Å². The lowest BCUT2D eigenvalue weighted by Crippen LogP contribution is -2.01. The molecule has 5 heteroatoms. The number of nitrogens with zero attached hydrogens (tertiary/aromatic N) is 1. The van der Waals surface area contributed by atoms with Gasteiger partial charge in [-0.05, 0) is 45.8 Å². The van der Waals surface area contributed by atoms with Crippen molar-refractivity contribution < 1.29 is 5.11 Å². The molecular formula is C14H10BrClN2O. The van der Waals surface area contributed by atoms with Crippen molar-refractivity contribution in [3.8, 4) is 0 Å². The first-order chi connectivity index (χ1) is 9.15. The van der Waals surface area contributed by atoms with Gasteiger partial charge in [-0.1, -0.05) is 29.8 Å². The van der Waals surface area contributed by atoms with Crippen molar-refractivity contribution in [3.05, 3.63) is 63.3 Å². The third-order valence-electron chi connectivity index (χ3n) is 2.91. The van der Waals surface area contributed by atoms with Gasteiger partial charge in [0.05, 0.1) is 5.52 Å². The fraction of sp³-hybridized carbons (Fsp3) is 0.0714. The highest BCUT2D eigenvalue weighted by Crippen LogP contribution is 2.27. The van der Waals surface area contributed by atoms with E-state index in [-0.39, 0.29) is 0 Å². The van der Waals surface area contributed by atoms with Crippen LogP contribution in [-0.4, -0.2) is 15.1 Å². The maximum absolute atomic E-state index is 10.3. The number of hydrogen-bond donors (Lipinski definition) is 2. The van der Waals surface area contributed by atoms with Crippen LogP contribution < -0.4 is 0 Å². The van der Waals surface area contributed by atoms with E-state index in [1.165, 1.54) is 0 Å². The highest BCUT2D eigenvalue weighted by Gasteiger charge is 2.16. The van der Waals surface area contributed by atoms with Crippen molar-refractivity contribution in [3.63, 3.8) is 0 Å². The molecule has 2 N–H and O–H groups in total. The van der Waals surface area contributed by atoms with Gasteiger partial charge >= 0.3 is 0 Å². The minimum atomic E-state index is -0.821. The van der Waals surface area contributed by atoms with E-state index in [4.69, 9.17) is 11.6 Å². The molecule has 1 atom stereocenters. The fourth-order valence-corrected chi connectivity index (χ4v) is 2.63. The van der Waals surface area contributed by atoms with Crippen LogP contribution in [-0.2, 0) is 0 Å². The second-order valence-corrected chi connectivity index (χ2v) is 5.51. The number of para-hydroxylation sites is 1. The van der Waals surface area contributed by atoms with E-state index in [1.54, 1.807) is 18.2 Å². The molecule has 0 fully saturated rings. The molecule has 1 aromatic heterocycles. The van der Waals surface area contributed by atoms with E-state index < -0.39 is 6.10 Å². The molecule has 0 aliphatic heterocycles. The maximum Gasteiger partial charge on any atom is 0.140 e. The van der Waals surface area contributed by atoms with E-state index in [2.05, 4.69) is 25.9 Å². The molecular weight excluding hydrogens is 328 g/mol. The van der Waals surface area contributed by atoms with Gasteiger partial charge in [0.1, 0.15) is 17.4 Å². The molecule has 0 spiro atoms. The fourth-order valence-electron chi connectivity index (χ4n) is 1.98. The summed E-state index contributed by atoms with van der Waals surface area (Å²) < 4.78 is 0.894. The average Bonchev–Trinajstić information content (AvgIpc) is 2.83. The van der Waals surface area contributed by atoms with Crippen molar-refractivity contribution in [2.75, 3.05) is 0 Å². The number of fused-ring (bicyclic) bond motifs is 1. The Morgan fingerprint density at radius 2 is 2.00 bits per heavy atom. The van der Waals surface area contributed by atoms with Gasteiger partial charge in [-0.2, -0.15) is 0 Å². The number of nitrogens with one attached hydrogen (secondary N) is 1. The molecule has 2 aromatic carbocycles. The quantitative estimate of drug-likeness (QED) is 0.741. The highest BCUT2D eigenvalue weighted by molar-refractivity contribution is 9.10. The number of imidazole rings is 1. The SMILES string of the molecule is O[C@H](c1cccc(Cl)c1)c1nc2c(Br)cccc2[nH]1. The molecule has 1 heterocycles. The molecule has 3 aromatic rings. The molecule has 0 saturated heterocycles. The number of hydrogen-bond acceptors (Lipinski definition) is 2. The van der Waals surface area contributed by atoms with Crippen LogP contribution in [0.25, 0.3) is 11.0 Å². The predicted molar refractivity (Wildman–Crippen MR) is 79.3 cm³/mol. The van der Waals surface area contributed by atoms with Crippen molar-refractivity contribution in [1.29, 1.82) is 0 Å². The molecule has 0 saturated carbocycles. The van der Waals surface area contributed by atoms with Gasteiger partial charge < -0.3 is 10.1 Å². The number of aliphatic hydroxyl groups excluding tert-OH is 1. The Balaban J connectivity index is 2.06. The first kappa shape index (κ1) is 12.7. The zero-order valence-electron chi connectivity index (χ0n) is 9.77. The molecule has 0 bridgehead atoms. The van der Waals surface area contributed by atoms with Crippen molar-refractivity contribution in [2.24, 2.45) is 0 Å². The summed E-state index contributed by atoms with van der Waals surface area (Å²) in [6.07, 6.45) is -0.821. The van der Waals surface area contributed by atoms with Crippen LogP contribution >= 0.6 is 27.5 Å². The third kappa shape index (κ3) is 2.39. The van der Waals surface area contributed by atoms with E-state index in [1.807, 2.05) is 24.3 Å². The van der Waals surface area contributed by atoms with E-state index in [0.717, 1.165) is 15.5 Å². The van der Waals surface area contributed by atoms with E-state index in [0.29, 0.717) is 16.4 Å². The number of halogens is 2. The zero-order valence-corrected chi connectivity index (χ0v) is 12.1. The van der Waals surface area contributed by atoms with Gasteiger partial charge in [0.2, 0.25) is 0 Å². The van der Waals surface area contributed by atoms with E-state index >= 15 is 0 Å². The first-order valence-corrected chi connectivity index (χ1v) is 6.90. The molecule has 0 amide bonds. The Morgan fingerprint density at radius 1 is 1.21 bits per heavy atom. The molecule has 19 heavy (non-hydrogen) atoms. The second kappa shape index (κ2) is 4.96. The Morgan fingerprint density at radius 3 is 2.74 bits per heavy atom. The monoisotopic (exact) mass is 336 g/mol. The summed E-state index contributed by atoms with van der Waals surface area (Å²) in [4.78, 5) is 7.54. The summed E-state index contributed by atoms with van der Waals surface area (Å²) in [5.41, 5.74) is 2.40. The van der Waals surface area contributed by atoms with Crippen LogP contribution in [0.5, 0.6) is 0 Å². The summed E-state index contributed by atoms with van der Waals surface area (Å²) in [6, 6.07) is 12.9. The molecule has 0 unspecified atom stereocenters. The summed E-state index contributed by atoms with van der Waals surface area (Å²) in [6.45, 7) is 0. The molecule has 3 nitrogen and oxygen atoms in total. The van der Waals surface area contributed by atoms with Gasteiger partial charge in [0.15, 0.2) is 0 Å². The minimum Gasteiger partial charge on any atom is -0.380 e. The Labute approximate surface area is 123 Å². The largest absolute Gasteiger partial charge is 0.380 e. The third-order valence-corrected chi connectivity index (χ3v) is 3.78. The van der Waals surface area contributed by atoms with Gasteiger partial charge in [0.25, 0.3) is 0 Å². The average molecular weight is 338 g/mol. The topological polar surface area (TPSA) is 48.9 Å². The first-order valence-electron chi connectivity index (χ1n) is 5.73. The minimum absolute atomic E-state index is 0.504. The van der Waals surface area contributed by atoms with Crippen molar-refractivity contribution in [1.82, 2.24) is 9.97 Å². The summed E-state index contributed by atoms with van der Waals surface area (Å²) in [5.74, 6) is 0.504. The van der Waals surface area contributed by atoms with Crippen LogP contribution in [0.3, 0.4) is 0 Å². The Hall–Kier alpha value is -1.36. The number of aliphatic hydroxyl groups is 1. The van der Waals surface area contributed by atoms with Crippen molar-refractivity contribution in [2.45, 2.75) is 6.10 Å². The van der Waals surface area contributed by atoms with E-state index in [9.17, 15) is 5.11 Å². The Bertz CT molecular complexity index is 741. The number of aromatic nitrogens is 2. The predicted octanol–water partition coefficient (Wildman–Crippen LogP) is 4.06. The van der Waals surface area contributed by atoms with Crippen LogP contribution in [0.1, 0.15) is 17.5 Å². The lowest BCUT2D eigenvalue weighted by molar-refractivity contribution is 0.211. The Kier molecular flexibility index (Phi) is 3.31. The summed E-state index contributed by atoms with van der Waals surface area (Å²) in [7, 11) is 0. The van der Waals surface area contributed by atoms with Crippen LogP contribution in [0.15, 0.2) is 46.9 Å². The summed E-state index contributed by atoms with van der Waals surface area (Å²) in [5, 5.41) is 10.9. The highest BCUT2D eigenvalue weighted by atomic mass is 79.9. The van der Waals surface area contributed by atoms with Crippen LogP contribution in [0.4, 0.5) is 0 Å². The molecule has 96 valence electrons.